The third-order valence-corrected chi connectivity index (χ3v) is 3.67. The van der Waals surface area contributed by atoms with E-state index in [1.165, 1.54) is 0 Å². The zero-order valence-electron chi connectivity index (χ0n) is 10.7. The Bertz CT molecular complexity index is 494. The van der Waals surface area contributed by atoms with Crippen LogP contribution in [-0.4, -0.2) is 27.6 Å². The number of nitrogens with one attached hydrogen (secondary N) is 1. The molecule has 1 unspecified atom stereocenters. The summed E-state index contributed by atoms with van der Waals surface area (Å²) in [6.07, 6.45) is 4.64. The van der Waals surface area contributed by atoms with E-state index in [2.05, 4.69) is 21.2 Å². The van der Waals surface area contributed by atoms with E-state index in [4.69, 9.17) is 5.11 Å². The SMILES string of the molecule is CCC(CC(=O)O)NC(=O)c1cc(Br)cn1C1CC1. The topological polar surface area (TPSA) is 71.3 Å². The van der Waals surface area contributed by atoms with E-state index in [1.807, 2.05) is 17.7 Å². The second-order valence-corrected chi connectivity index (χ2v) is 5.77. The number of carbonyl (C=O) groups is 2. The van der Waals surface area contributed by atoms with E-state index in [0.29, 0.717) is 18.2 Å². The Kier molecular flexibility index (Phi) is 4.29. The summed E-state index contributed by atoms with van der Waals surface area (Å²) in [5, 5.41) is 11.6. The highest BCUT2D eigenvalue weighted by Gasteiger charge is 2.28. The van der Waals surface area contributed by atoms with E-state index in [1.54, 1.807) is 6.07 Å². The number of carboxylic acids is 1. The van der Waals surface area contributed by atoms with Gasteiger partial charge < -0.3 is 15.0 Å². The van der Waals surface area contributed by atoms with Crippen molar-refractivity contribution < 1.29 is 14.7 Å². The summed E-state index contributed by atoms with van der Waals surface area (Å²) in [5.41, 5.74) is 0.596. The summed E-state index contributed by atoms with van der Waals surface area (Å²) in [5.74, 6) is -1.10. The van der Waals surface area contributed by atoms with E-state index < -0.39 is 5.97 Å². The lowest BCUT2D eigenvalue weighted by atomic mass is 10.1. The molecule has 2 rings (SSSR count). The number of halogens is 1. The predicted octanol–water partition coefficient (Wildman–Crippen LogP) is 2.57. The lowest BCUT2D eigenvalue weighted by Crippen LogP contribution is -2.37. The second-order valence-electron chi connectivity index (χ2n) is 4.86. The molecule has 0 bridgehead atoms. The zero-order valence-corrected chi connectivity index (χ0v) is 12.3. The molecule has 0 radical (unpaired) electrons. The standard InChI is InChI=1S/C13H17BrN2O3/c1-2-9(6-12(17)18)15-13(19)11-5-8(14)7-16(11)10-3-4-10/h5,7,9-10H,2-4,6H2,1H3,(H,15,19)(H,17,18). The lowest BCUT2D eigenvalue weighted by molar-refractivity contribution is -0.137. The van der Waals surface area contributed by atoms with Gasteiger partial charge in [0.2, 0.25) is 0 Å². The molecule has 0 spiro atoms. The van der Waals surface area contributed by atoms with Gasteiger partial charge in [-0.15, -0.1) is 0 Å². The normalized spacial score (nSPS) is 16.1. The molecule has 5 nitrogen and oxygen atoms in total. The summed E-state index contributed by atoms with van der Waals surface area (Å²) in [6.45, 7) is 1.86. The van der Waals surface area contributed by atoms with Gasteiger partial charge in [-0.3, -0.25) is 9.59 Å². The first kappa shape index (κ1) is 14.1. The Labute approximate surface area is 120 Å². The van der Waals surface area contributed by atoms with Crippen LogP contribution < -0.4 is 5.32 Å². The van der Waals surface area contributed by atoms with Crippen LogP contribution in [0.1, 0.15) is 49.1 Å². The van der Waals surface area contributed by atoms with Gasteiger partial charge in [0.05, 0.1) is 6.42 Å². The van der Waals surface area contributed by atoms with Crippen molar-refractivity contribution in [2.45, 2.75) is 44.7 Å². The van der Waals surface area contributed by atoms with Gasteiger partial charge in [-0.2, -0.15) is 0 Å². The molecule has 1 saturated carbocycles. The minimum atomic E-state index is -0.897. The Morgan fingerprint density at radius 2 is 2.26 bits per heavy atom. The maximum Gasteiger partial charge on any atom is 0.305 e. The third-order valence-electron chi connectivity index (χ3n) is 3.24. The van der Waals surface area contributed by atoms with Gasteiger partial charge in [-0.1, -0.05) is 6.92 Å². The highest BCUT2D eigenvalue weighted by Crippen LogP contribution is 2.37. The first-order valence-corrected chi connectivity index (χ1v) is 7.20. The van der Waals surface area contributed by atoms with Gasteiger partial charge in [0.1, 0.15) is 5.69 Å². The summed E-state index contributed by atoms with van der Waals surface area (Å²) in [7, 11) is 0. The van der Waals surface area contributed by atoms with E-state index in [-0.39, 0.29) is 18.4 Å². The van der Waals surface area contributed by atoms with Crippen molar-refractivity contribution in [2.24, 2.45) is 0 Å². The fourth-order valence-electron chi connectivity index (χ4n) is 2.05. The van der Waals surface area contributed by atoms with Crippen molar-refractivity contribution in [1.82, 2.24) is 9.88 Å². The maximum absolute atomic E-state index is 12.2. The summed E-state index contributed by atoms with van der Waals surface area (Å²) in [4.78, 5) is 22.9. The molecule has 1 amide bonds. The van der Waals surface area contributed by atoms with Crippen LogP contribution >= 0.6 is 15.9 Å². The van der Waals surface area contributed by atoms with Gasteiger partial charge in [0, 0.05) is 22.8 Å². The van der Waals surface area contributed by atoms with Crippen molar-refractivity contribution in [3.8, 4) is 0 Å². The van der Waals surface area contributed by atoms with E-state index in [0.717, 1.165) is 17.3 Å². The molecule has 104 valence electrons. The van der Waals surface area contributed by atoms with Crippen LogP contribution in [0.5, 0.6) is 0 Å². The fourth-order valence-corrected chi connectivity index (χ4v) is 2.49. The third kappa shape index (κ3) is 3.59. The molecule has 1 aromatic rings. The van der Waals surface area contributed by atoms with Crippen molar-refractivity contribution in [3.63, 3.8) is 0 Å². The van der Waals surface area contributed by atoms with Gasteiger partial charge >= 0.3 is 5.97 Å². The molecule has 1 aliphatic carbocycles. The average molecular weight is 329 g/mol. The number of carboxylic acid groups (broad SMARTS) is 1. The minimum Gasteiger partial charge on any atom is -0.481 e. The smallest absolute Gasteiger partial charge is 0.305 e. The molecule has 0 saturated heterocycles. The number of carbonyl (C=O) groups excluding carboxylic acids is 1. The Balaban J connectivity index is 2.08. The van der Waals surface area contributed by atoms with Crippen molar-refractivity contribution >= 4 is 27.8 Å². The van der Waals surface area contributed by atoms with Gasteiger partial charge in [-0.05, 0) is 41.3 Å². The highest BCUT2D eigenvalue weighted by atomic mass is 79.9. The first-order chi connectivity index (χ1) is 9.01. The number of rotatable bonds is 6. The summed E-state index contributed by atoms with van der Waals surface area (Å²) in [6, 6.07) is 1.86. The van der Waals surface area contributed by atoms with E-state index >= 15 is 0 Å². The Hall–Kier alpha value is -1.30. The van der Waals surface area contributed by atoms with Crippen molar-refractivity contribution in [1.29, 1.82) is 0 Å². The zero-order chi connectivity index (χ0) is 14.0. The van der Waals surface area contributed by atoms with Crippen LogP contribution in [-0.2, 0) is 4.79 Å². The molecule has 0 aromatic carbocycles. The molecule has 1 fully saturated rings. The fraction of sp³-hybridized carbons (Fsp3) is 0.538. The predicted molar refractivity (Wildman–Crippen MR) is 74.2 cm³/mol. The molecule has 1 aliphatic rings. The van der Waals surface area contributed by atoms with E-state index in [9.17, 15) is 9.59 Å². The highest BCUT2D eigenvalue weighted by molar-refractivity contribution is 9.10. The minimum absolute atomic E-state index is 0.0481. The van der Waals surface area contributed by atoms with Gasteiger partial charge in [0.15, 0.2) is 0 Å². The van der Waals surface area contributed by atoms with Gasteiger partial charge in [0.25, 0.3) is 5.91 Å². The molecule has 19 heavy (non-hydrogen) atoms. The van der Waals surface area contributed by atoms with Crippen molar-refractivity contribution in [2.75, 3.05) is 0 Å². The van der Waals surface area contributed by atoms with Crippen LogP contribution in [0.25, 0.3) is 0 Å². The lowest BCUT2D eigenvalue weighted by Gasteiger charge is -2.15. The summed E-state index contributed by atoms with van der Waals surface area (Å²) < 4.78 is 2.84. The number of aliphatic carboxylic acids is 1. The molecule has 0 aliphatic heterocycles. The Morgan fingerprint density at radius 3 is 2.79 bits per heavy atom. The molecule has 1 heterocycles. The summed E-state index contributed by atoms with van der Waals surface area (Å²) >= 11 is 3.38. The van der Waals surface area contributed by atoms with Crippen LogP contribution in [0.2, 0.25) is 0 Å². The molecule has 1 aromatic heterocycles. The average Bonchev–Trinajstić information content (AvgIpc) is 3.10. The quantitative estimate of drug-likeness (QED) is 0.843. The molecular weight excluding hydrogens is 312 g/mol. The number of nitrogens with zero attached hydrogens (tertiary/aromatic N) is 1. The molecule has 2 N–H and O–H groups in total. The number of aromatic nitrogens is 1. The monoisotopic (exact) mass is 328 g/mol. The first-order valence-electron chi connectivity index (χ1n) is 6.41. The second kappa shape index (κ2) is 5.77. The number of hydrogen-bond acceptors (Lipinski definition) is 2. The van der Waals surface area contributed by atoms with Gasteiger partial charge in [-0.25, -0.2) is 0 Å². The van der Waals surface area contributed by atoms with Crippen LogP contribution in [0.15, 0.2) is 16.7 Å². The maximum atomic E-state index is 12.2. The molecular formula is C13H17BrN2O3. The number of hydrogen-bond donors (Lipinski definition) is 2. The Morgan fingerprint density at radius 1 is 1.58 bits per heavy atom. The van der Waals surface area contributed by atoms with Crippen LogP contribution in [0.3, 0.4) is 0 Å². The largest absolute Gasteiger partial charge is 0.481 e. The van der Waals surface area contributed by atoms with Crippen molar-refractivity contribution in [3.05, 3.63) is 22.4 Å². The molecule has 1 atom stereocenters. The molecule has 6 heteroatoms. The van der Waals surface area contributed by atoms with Crippen LogP contribution in [0.4, 0.5) is 0 Å². The van der Waals surface area contributed by atoms with Crippen LogP contribution in [0, 0.1) is 0 Å². The number of amides is 1.